The molecule has 0 fully saturated rings. The van der Waals surface area contributed by atoms with Gasteiger partial charge in [-0.05, 0) is 262 Å². The molecule has 24 aromatic rings. The third-order valence-electron chi connectivity index (χ3n) is 26.9. The van der Waals surface area contributed by atoms with Crippen molar-refractivity contribution in [2.75, 3.05) is 19.6 Å². The zero-order valence-corrected chi connectivity index (χ0v) is 72.0. The highest BCUT2D eigenvalue weighted by Crippen LogP contribution is 2.54. The van der Waals surface area contributed by atoms with E-state index in [1.54, 1.807) is 0 Å². The fourth-order valence-electron chi connectivity index (χ4n) is 20.6. The molecule has 0 spiro atoms. The molecule has 8 nitrogen and oxygen atoms in total. The second-order valence-corrected chi connectivity index (χ2v) is 34.7. The second kappa shape index (κ2) is 31.1. The average Bonchev–Trinajstić information content (AvgIpc) is 1.56. The van der Waals surface area contributed by atoms with E-state index < -0.39 is 5.41 Å². The van der Waals surface area contributed by atoms with Gasteiger partial charge >= 0.3 is 0 Å². The van der Waals surface area contributed by atoms with Crippen LogP contribution in [0.2, 0.25) is 0 Å². The van der Waals surface area contributed by atoms with Gasteiger partial charge in [-0.2, -0.15) is 0 Å². The molecule has 0 amide bonds. The van der Waals surface area contributed by atoms with Gasteiger partial charge in [-0.1, -0.05) is 281 Å². The molecular formula is C123H84N6O2. The van der Waals surface area contributed by atoms with Crippen LogP contribution in [0.1, 0.15) is 25.0 Å². The van der Waals surface area contributed by atoms with E-state index >= 15 is 0 Å². The van der Waals surface area contributed by atoms with Gasteiger partial charge < -0.3 is 37.6 Å². The molecule has 0 saturated carbocycles. The first-order chi connectivity index (χ1) is 64.7. The van der Waals surface area contributed by atoms with Crippen molar-refractivity contribution in [1.82, 2.24) is 9.13 Å². The molecule has 1 aliphatic carbocycles. The Morgan fingerprint density at radius 2 is 0.420 bits per heavy atom. The molecule has 0 bridgehead atoms. The van der Waals surface area contributed by atoms with Gasteiger partial charge in [0.15, 0.2) is 0 Å². The summed E-state index contributed by atoms with van der Waals surface area (Å²) >= 11 is 0. The van der Waals surface area contributed by atoms with Crippen molar-refractivity contribution in [3.05, 3.63) is 484 Å². The number of para-hydroxylation sites is 10. The maximum Gasteiger partial charge on any atom is 0.143 e. The van der Waals surface area contributed by atoms with Crippen molar-refractivity contribution in [2.24, 2.45) is 0 Å². The first-order valence-corrected chi connectivity index (χ1v) is 44.9. The van der Waals surface area contributed by atoms with Crippen LogP contribution in [-0.2, 0) is 5.41 Å². The van der Waals surface area contributed by atoms with Crippen molar-refractivity contribution in [3.63, 3.8) is 0 Å². The van der Waals surface area contributed by atoms with Crippen LogP contribution in [0.3, 0.4) is 0 Å². The molecule has 131 heavy (non-hydrogen) atoms. The van der Waals surface area contributed by atoms with Crippen LogP contribution in [0.4, 0.5) is 68.2 Å². The van der Waals surface area contributed by atoms with Gasteiger partial charge in [0, 0.05) is 139 Å². The highest BCUT2D eigenvalue weighted by molar-refractivity contribution is 6.13. The Bertz CT molecular complexity index is 7900. The Morgan fingerprint density at radius 1 is 0.183 bits per heavy atom. The zero-order chi connectivity index (χ0) is 86.8. The van der Waals surface area contributed by atoms with Gasteiger partial charge in [0.2, 0.25) is 0 Å². The molecule has 4 heterocycles. The first kappa shape index (κ1) is 76.3. The molecule has 0 unspecified atom stereocenters. The molecule has 1 aliphatic rings. The number of hydrogen-bond donors (Lipinski definition) is 0. The SMILES string of the molecule is CC1(C)c2cc(N(c3ccc(-c4ccc(N(c5ccccc5)c5ccc(-c6cccc7c6oc6ccccc67)cc5)cc4)cc3)c3ccc(-n4c5ccccc5c5ccccc54)cc3)ccc2-c2ccc(N(c3ccc(-c4ccc(N(c5ccccc5)c5ccc(-c6cccc7c6oc6ccccc67)cc5)cc4)cc3)c3ccc(-n4c5ccccc5c5ccccc54)cc3)cc21. The lowest BCUT2D eigenvalue weighted by atomic mass is 9.82. The van der Waals surface area contributed by atoms with E-state index in [-0.39, 0.29) is 0 Å². The van der Waals surface area contributed by atoms with Crippen molar-refractivity contribution in [3.8, 4) is 67.0 Å². The summed E-state index contributed by atoms with van der Waals surface area (Å²) in [5.41, 5.74) is 36.6. The number of rotatable bonds is 18. The molecule has 0 saturated heterocycles. The van der Waals surface area contributed by atoms with E-state index in [4.69, 9.17) is 8.83 Å². The van der Waals surface area contributed by atoms with E-state index in [1.807, 2.05) is 24.3 Å². The van der Waals surface area contributed by atoms with Crippen molar-refractivity contribution in [2.45, 2.75) is 19.3 Å². The van der Waals surface area contributed by atoms with Gasteiger partial charge in [0.1, 0.15) is 22.3 Å². The predicted molar refractivity (Wildman–Crippen MR) is 548 cm³/mol. The van der Waals surface area contributed by atoms with Gasteiger partial charge in [-0.15, -0.1) is 0 Å². The molecular weight excluding hydrogens is 1590 g/mol. The molecule has 618 valence electrons. The summed E-state index contributed by atoms with van der Waals surface area (Å²) in [5, 5.41) is 9.42. The third kappa shape index (κ3) is 13.0. The summed E-state index contributed by atoms with van der Waals surface area (Å²) in [6, 6.07) is 172. The number of furan rings is 2. The normalized spacial score (nSPS) is 12.3. The topological polar surface area (TPSA) is 49.1 Å². The highest BCUT2D eigenvalue weighted by Gasteiger charge is 2.38. The molecule has 25 rings (SSSR count). The molecule has 20 aromatic carbocycles. The standard InChI is InChI=1S/C123H84N6O2/c1-123(2)113-79-99(126(95-67-71-97(72-68-95)128-115-37-15-9-27-105(115)106-28-10-16-38-116(106)128)93-59-47-83(48-60-93)81-43-55-89(56-44-81)124(87-23-5-3-6-24-87)91-63-51-85(52-64-91)101-33-21-35-111-109-31-13-19-41-119(109)130-121(101)111)75-77-103(113)104-78-76-100(80-114(104)123)127(96-69-73-98(74-70-96)129-117-39-17-11-29-107(117)108-30-12-18-40-118(108)129)94-61-49-84(50-62-94)82-45-57-90(58-46-82)125(88-25-7-4-8-26-88)92-65-53-86(54-66-92)102-34-22-36-112-110-32-14-20-42-120(110)131-122(102)112/h3-80H,1-2H3. The number of fused-ring (bicyclic) bond motifs is 15. The van der Waals surface area contributed by atoms with Crippen LogP contribution in [0.25, 0.3) is 154 Å². The molecule has 8 heteroatoms. The minimum Gasteiger partial charge on any atom is -0.455 e. The van der Waals surface area contributed by atoms with Crippen LogP contribution in [0.15, 0.2) is 482 Å². The summed E-state index contributed by atoms with van der Waals surface area (Å²) < 4.78 is 17.8. The third-order valence-corrected chi connectivity index (χ3v) is 26.9. The van der Waals surface area contributed by atoms with Crippen molar-refractivity contribution in [1.29, 1.82) is 0 Å². The Kier molecular flexibility index (Phi) is 18.1. The Balaban J connectivity index is 0.548. The average molecular weight is 1680 g/mol. The lowest BCUT2D eigenvalue weighted by Gasteiger charge is -2.29. The van der Waals surface area contributed by atoms with E-state index in [9.17, 15) is 0 Å². The van der Waals surface area contributed by atoms with Crippen LogP contribution < -0.4 is 19.6 Å². The Hall–Kier alpha value is -17.2. The minimum absolute atomic E-state index is 0.420. The Morgan fingerprint density at radius 3 is 0.733 bits per heavy atom. The van der Waals surface area contributed by atoms with E-state index in [0.29, 0.717) is 0 Å². The van der Waals surface area contributed by atoms with Gasteiger partial charge in [-0.3, -0.25) is 0 Å². The monoisotopic (exact) mass is 1680 g/mol. The number of hydrogen-bond acceptors (Lipinski definition) is 6. The molecule has 0 aliphatic heterocycles. The summed E-state index contributed by atoms with van der Waals surface area (Å²) in [7, 11) is 0. The first-order valence-electron chi connectivity index (χ1n) is 44.9. The lowest BCUT2D eigenvalue weighted by Crippen LogP contribution is -2.17. The number of benzene rings is 20. The van der Waals surface area contributed by atoms with Gasteiger partial charge in [0.05, 0.1) is 22.1 Å². The summed E-state index contributed by atoms with van der Waals surface area (Å²) in [4.78, 5) is 9.52. The van der Waals surface area contributed by atoms with Crippen LogP contribution in [0, 0.1) is 0 Å². The van der Waals surface area contributed by atoms with Crippen LogP contribution in [-0.4, -0.2) is 9.13 Å². The van der Waals surface area contributed by atoms with E-state index in [2.05, 4.69) is 491 Å². The number of anilines is 12. The molecule has 0 N–H and O–H groups in total. The minimum atomic E-state index is -0.420. The van der Waals surface area contributed by atoms with Crippen molar-refractivity contribution < 1.29 is 8.83 Å². The summed E-state index contributed by atoms with van der Waals surface area (Å²) in [6.07, 6.45) is 0. The molecule has 4 aromatic heterocycles. The number of nitrogens with zero attached hydrogens (tertiary/aromatic N) is 6. The fourth-order valence-corrected chi connectivity index (χ4v) is 20.6. The largest absolute Gasteiger partial charge is 0.455 e. The van der Waals surface area contributed by atoms with E-state index in [1.165, 1.54) is 65.9 Å². The van der Waals surface area contributed by atoms with Crippen LogP contribution in [0.5, 0.6) is 0 Å². The maximum atomic E-state index is 6.50. The quantitative estimate of drug-likeness (QED) is 0.0853. The molecule has 0 atom stereocenters. The van der Waals surface area contributed by atoms with Gasteiger partial charge in [-0.25, -0.2) is 0 Å². The second-order valence-electron chi connectivity index (χ2n) is 34.7. The zero-order valence-electron chi connectivity index (χ0n) is 72.0. The number of aromatic nitrogens is 2. The molecule has 0 radical (unpaired) electrons. The summed E-state index contributed by atoms with van der Waals surface area (Å²) in [6.45, 7) is 4.81. The van der Waals surface area contributed by atoms with E-state index in [0.717, 1.165) is 168 Å². The maximum absolute atomic E-state index is 6.50. The van der Waals surface area contributed by atoms with Crippen LogP contribution >= 0.6 is 0 Å². The predicted octanol–water partition coefficient (Wildman–Crippen LogP) is 34.5. The lowest BCUT2D eigenvalue weighted by molar-refractivity contribution is 0.660. The Labute approximate surface area is 758 Å². The fraction of sp³-hybridized carbons (Fsp3) is 0.0244. The smallest absolute Gasteiger partial charge is 0.143 e. The van der Waals surface area contributed by atoms with Gasteiger partial charge in [0.25, 0.3) is 0 Å². The highest BCUT2D eigenvalue weighted by atomic mass is 16.3. The van der Waals surface area contributed by atoms with Crippen molar-refractivity contribution >= 4 is 156 Å². The summed E-state index contributed by atoms with van der Waals surface area (Å²) in [5.74, 6) is 0.